The van der Waals surface area contributed by atoms with Crippen molar-refractivity contribution in [3.8, 4) is 0 Å². The number of aryl methyl sites for hydroxylation is 4. The van der Waals surface area contributed by atoms with Gasteiger partial charge in [0, 0.05) is 24.0 Å². The Morgan fingerprint density at radius 3 is 2.83 bits per heavy atom. The molecule has 0 saturated carbocycles. The Morgan fingerprint density at radius 1 is 1.12 bits per heavy atom. The number of rotatable bonds is 4. The first-order valence-corrected chi connectivity index (χ1v) is 9.86. The summed E-state index contributed by atoms with van der Waals surface area (Å²) in [4.78, 5) is 11.2. The van der Waals surface area contributed by atoms with Crippen molar-refractivity contribution in [1.82, 2.24) is 20.1 Å². The number of anilines is 1. The van der Waals surface area contributed by atoms with Crippen molar-refractivity contribution in [3.63, 3.8) is 0 Å². The fourth-order valence-electron chi connectivity index (χ4n) is 4.05. The van der Waals surface area contributed by atoms with Crippen LogP contribution in [0.15, 0.2) is 6.07 Å². The van der Waals surface area contributed by atoms with Gasteiger partial charge in [-0.3, -0.25) is 4.90 Å². The summed E-state index contributed by atoms with van der Waals surface area (Å²) in [6.45, 7) is 3.08. The Kier molecular flexibility index (Phi) is 3.56. The minimum Gasteiger partial charge on any atom is -0.352 e. The first kappa shape index (κ1) is 14.8. The molecule has 0 amide bonds. The normalized spacial score (nSPS) is 19.7. The largest absolute Gasteiger partial charge is 0.352 e. The van der Waals surface area contributed by atoms with Crippen LogP contribution in [0.25, 0.3) is 0 Å². The molecule has 0 atom stereocenters. The van der Waals surface area contributed by atoms with Crippen molar-refractivity contribution in [2.75, 3.05) is 25.0 Å². The minimum absolute atomic E-state index is 0.596. The van der Waals surface area contributed by atoms with Gasteiger partial charge in [0.05, 0.1) is 17.9 Å². The van der Waals surface area contributed by atoms with Gasteiger partial charge in [-0.05, 0) is 57.2 Å². The molecule has 0 bridgehead atoms. The molecule has 0 N–H and O–H groups in total. The van der Waals surface area contributed by atoms with Gasteiger partial charge in [-0.2, -0.15) is 5.10 Å². The van der Waals surface area contributed by atoms with Crippen LogP contribution in [0.5, 0.6) is 0 Å². The van der Waals surface area contributed by atoms with Crippen molar-refractivity contribution >= 4 is 17.2 Å². The first-order chi connectivity index (χ1) is 11.8. The lowest BCUT2D eigenvalue weighted by Crippen LogP contribution is -2.58. The lowest BCUT2D eigenvalue weighted by Gasteiger charge is -2.44. The van der Waals surface area contributed by atoms with E-state index in [-0.39, 0.29) is 0 Å². The first-order valence-electron chi connectivity index (χ1n) is 9.04. The van der Waals surface area contributed by atoms with Crippen LogP contribution in [-0.4, -0.2) is 46.3 Å². The molecule has 1 fully saturated rings. The van der Waals surface area contributed by atoms with Crippen molar-refractivity contribution in [3.05, 3.63) is 32.9 Å². The maximum atomic E-state index is 4.83. The molecule has 2 aromatic heterocycles. The third kappa shape index (κ3) is 2.52. The Balaban J connectivity index is 1.19. The van der Waals surface area contributed by atoms with Crippen molar-refractivity contribution in [2.45, 2.75) is 51.1 Å². The van der Waals surface area contributed by atoms with Crippen molar-refractivity contribution in [1.29, 1.82) is 0 Å². The number of hydrogen-bond acceptors (Lipinski definition) is 6. The Hall–Kier alpha value is -1.53. The molecule has 0 radical (unpaired) electrons. The molecule has 3 heterocycles. The number of likely N-dealkylation sites (N-methyl/N-ethyl adjacent to an activating group) is 1. The number of thiazole rings is 1. The highest BCUT2D eigenvalue weighted by Gasteiger charge is 2.32. The van der Waals surface area contributed by atoms with Gasteiger partial charge in [-0.1, -0.05) is 0 Å². The predicted molar refractivity (Wildman–Crippen MR) is 95.7 cm³/mol. The molecule has 1 saturated heterocycles. The van der Waals surface area contributed by atoms with Crippen LogP contribution in [-0.2, 0) is 32.2 Å². The van der Waals surface area contributed by atoms with E-state index in [1.165, 1.54) is 58.9 Å². The third-order valence-electron chi connectivity index (χ3n) is 5.64. The van der Waals surface area contributed by atoms with E-state index >= 15 is 0 Å². The lowest BCUT2D eigenvalue weighted by atomic mass is 10.1. The fourth-order valence-corrected chi connectivity index (χ4v) is 5.27. The zero-order valence-electron chi connectivity index (χ0n) is 14.2. The molecule has 3 aliphatic rings. The summed E-state index contributed by atoms with van der Waals surface area (Å²) < 4.78 is 0. The predicted octanol–water partition coefficient (Wildman–Crippen LogP) is 2.23. The molecule has 2 aliphatic carbocycles. The highest BCUT2D eigenvalue weighted by molar-refractivity contribution is 7.11. The minimum atomic E-state index is 0.596. The van der Waals surface area contributed by atoms with E-state index in [0.29, 0.717) is 6.04 Å². The Morgan fingerprint density at radius 2 is 1.96 bits per heavy atom. The van der Waals surface area contributed by atoms with Crippen LogP contribution < -0.4 is 4.90 Å². The van der Waals surface area contributed by atoms with Crippen molar-refractivity contribution in [2.24, 2.45) is 0 Å². The van der Waals surface area contributed by atoms with E-state index in [1.807, 2.05) is 11.3 Å². The molecular weight excluding hydrogens is 318 g/mol. The van der Waals surface area contributed by atoms with Gasteiger partial charge in [-0.15, -0.1) is 16.4 Å². The monoisotopic (exact) mass is 341 g/mol. The highest BCUT2D eigenvalue weighted by atomic mass is 32.1. The van der Waals surface area contributed by atoms with Crippen LogP contribution in [0.2, 0.25) is 0 Å². The molecular formula is C18H23N5S. The molecule has 0 unspecified atom stereocenters. The Bertz CT molecular complexity index is 743. The smallest absolute Gasteiger partial charge is 0.151 e. The van der Waals surface area contributed by atoms with Gasteiger partial charge < -0.3 is 4.90 Å². The van der Waals surface area contributed by atoms with E-state index in [0.717, 1.165) is 31.9 Å². The van der Waals surface area contributed by atoms with E-state index in [2.05, 4.69) is 33.1 Å². The second kappa shape index (κ2) is 5.77. The summed E-state index contributed by atoms with van der Waals surface area (Å²) in [5.41, 5.74) is 3.99. The van der Waals surface area contributed by atoms with Gasteiger partial charge in [0.15, 0.2) is 5.82 Å². The fraction of sp³-hybridized carbons (Fsp3) is 0.611. The molecule has 5 rings (SSSR count). The van der Waals surface area contributed by atoms with Crippen molar-refractivity contribution < 1.29 is 0 Å². The SMILES string of the molecule is CN(Cc1nc2c(s1)CCC2)C1CN(c2cc3c(nn2)CCC3)C1. The number of hydrogen-bond donors (Lipinski definition) is 0. The molecule has 0 aromatic carbocycles. The van der Waals surface area contributed by atoms with Gasteiger partial charge in [0.2, 0.25) is 0 Å². The van der Waals surface area contributed by atoms with E-state index < -0.39 is 0 Å². The van der Waals surface area contributed by atoms with Gasteiger partial charge >= 0.3 is 0 Å². The second-order valence-corrected chi connectivity index (χ2v) is 8.50. The lowest BCUT2D eigenvalue weighted by molar-refractivity contribution is 0.196. The summed E-state index contributed by atoms with van der Waals surface area (Å²) in [6.07, 6.45) is 7.23. The summed E-state index contributed by atoms with van der Waals surface area (Å²) in [6, 6.07) is 2.86. The topological polar surface area (TPSA) is 45.2 Å². The van der Waals surface area contributed by atoms with Crippen LogP contribution in [0.1, 0.15) is 39.7 Å². The molecule has 1 aliphatic heterocycles. The zero-order valence-corrected chi connectivity index (χ0v) is 15.0. The molecule has 24 heavy (non-hydrogen) atoms. The number of fused-ring (bicyclic) bond motifs is 2. The summed E-state index contributed by atoms with van der Waals surface area (Å²) in [7, 11) is 2.23. The van der Waals surface area contributed by atoms with E-state index in [9.17, 15) is 0 Å². The van der Waals surface area contributed by atoms with Crippen LogP contribution in [0, 0.1) is 0 Å². The summed E-state index contributed by atoms with van der Waals surface area (Å²) >= 11 is 1.92. The maximum absolute atomic E-state index is 4.83. The van der Waals surface area contributed by atoms with Crippen LogP contribution >= 0.6 is 11.3 Å². The van der Waals surface area contributed by atoms with Crippen LogP contribution in [0.4, 0.5) is 5.82 Å². The summed E-state index contributed by atoms with van der Waals surface area (Å²) in [5, 5.41) is 10.1. The van der Waals surface area contributed by atoms with Gasteiger partial charge in [-0.25, -0.2) is 4.98 Å². The second-order valence-electron chi connectivity index (χ2n) is 7.33. The van der Waals surface area contributed by atoms with Gasteiger partial charge in [0.25, 0.3) is 0 Å². The average Bonchev–Trinajstić information content (AvgIpc) is 3.19. The van der Waals surface area contributed by atoms with E-state index in [4.69, 9.17) is 4.98 Å². The van der Waals surface area contributed by atoms with E-state index in [1.54, 1.807) is 0 Å². The molecule has 6 heteroatoms. The van der Waals surface area contributed by atoms with Gasteiger partial charge in [0.1, 0.15) is 5.01 Å². The standard InChI is InChI=1S/C18H23N5S/c1-22(11-18-19-15-6-3-7-16(15)24-18)13-9-23(10-13)17-8-12-4-2-5-14(12)20-21-17/h8,13H,2-7,9-11H2,1H3. The maximum Gasteiger partial charge on any atom is 0.151 e. The third-order valence-corrected chi connectivity index (χ3v) is 6.78. The van der Waals surface area contributed by atoms with Crippen LogP contribution in [0.3, 0.4) is 0 Å². The molecule has 126 valence electrons. The quantitative estimate of drug-likeness (QED) is 0.853. The molecule has 2 aromatic rings. The number of nitrogens with zero attached hydrogens (tertiary/aromatic N) is 5. The summed E-state index contributed by atoms with van der Waals surface area (Å²) in [5.74, 6) is 1.06. The molecule has 5 nitrogen and oxygen atoms in total. The molecule has 0 spiro atoms. The zero-order chi connectivity index (χ0) is 16.1. The Labute approximate surface area is 146 Å². The number of aromatic nitrogens is 3. The average molecular weight is 341 g/mol. The highest BCUT2D eigenvalue weighted by Crippen LogP contribution is 2.30.